The summed E-state index contributed by atoms with van der Waals surface area (Å²) >= 11 is 6.30. The number of nitrogens with one attached hydrogen (secondary N) is 1. The first-order valence-corrected chi connectivity index (χ1v) is 8.85. The van der Waals surface area contributed by atoms with Crippen molar-refractivity contribution in [2.75, 3.05) is 33.2 Å². The molecule has 0 saturated carbocycles. The van der Waals surface area contributed by atoms with Gasteiger partial charge in [0.2, 0.25) is 0 Å². The second-order valence-corrected chi connectivity index (χ2v) is 7.07. The summed E-state index contributed by atoms with van der Waals surface area (Å²) < 4.78 is 0. The standard InChI is InChI=1S/C18H28ClN3O/c1-14(2)17(15-8-4-5-9-16(15)19)20-18(23)21(3)12-13-22-10-6-7-11-22/h4-5,8-9,14,17H,6-7,10-13H2,1-3H3,(H,20,23). The van der Waals surface area contributed by atoms with Gasteiger partial charge in [0.1, 0.15) is 0 Å². The SMILES string of the molecule is CC(C)C(NC(=O)N(C)CCN1CCCC1)c1ccccc1Cl. The van der Waals surface area contributed by atoms with Crippen LogP contribution in [0.3, 0.4) is 0 Å². The first kappa shape index (κ1) is 18.1. The Bertz CT molecular complexity index is 515. The lowest BCUT2D eigenvalue weighted by molar-refractivity contribution is 0.193. The van der Waals surface area contributed by atoms with E-state index in [2.05, 4.69) is 24.1 Å². The Morgan fingerprint density at radius 3 is 2.57 bits per heavy atom. The summed E-state index contributed by atoms with van der Waals surface area (Å²) in [4.78, 5) is 16.7. The minimum Gasteiger partial charge on any atom is -0.331 e. The second kappa shape index (κ2) is 8.55. The Balaban J connectivity index is 1.93. The number of carbonyl (C=O) groups excluding carboxylic acids is 1. The number of amides is 2. The third-order valence-corrected chi connectivity index (χ3v) is 4.83. The molecule has 1 aliphatic rings. The normalized spacial score (nSPS) is 16.6. The van der Waals surface area contributed by atoms with Crippen molar-refractivity contribution in [3.63, 3.8) is 0 Å². The molecule has 0 spiro atoms. The molecule has 0 radical (unpaired) electrons. The lowest BCUT2D eigenvalue weighted by Gasteiger charge is -2.28. The number of hydrogen-bond acceptors (Lipinski definition) is 2. The van der Waals surface area contributed by atoms with Crippen molar-refractivity contribution in [3.8, 4) is 0 Å². The molecule has 1 fully saturated rings. The maximum Gasteiger partial charge on any atom is 0.317 e. The van der Waals surface area contributed by atoms with Gasteiger partial charge in [-0.25, -0.2) is 4.79 Å². The van der Waals surface area contributed by atoms with Crippen molar-refractivity contribution in [2.45, 2.75) is 32.7 Å². The molecule has 0 aliphatic carbocycles. The van der Waals surface area contributed by atoms with E-state index in [0.717, 1.165) is 31.7 Å². The van der Waals surface area contributed by atoms with Crippen molar-refractivity contribution in [1.29, 1.82) is 0 Å². The zero-order valence-electron chi connectivity index (χ0n) is 14.4. The summed E-state index contributed by atoms with van der Waals surface area (Å²) in [5.41, 5.74) is 0.977. The predicted octanol–water partition coefficient (Wildman–Crippen LogP) is 3.77. The summed E-state index contributed by atoms with van der Waals surface area (Å²) in [6, 6.07) is 7.60. The van der Waals surface area contributed by atoms with Crippen LogP contribution in [0.1, 0.15) is 38.3 Å². The molecule has 1 heterocycles. The van der Waals surface area contributed by atoms with Crippen LogP contribution in [0.5, 0.6) is 0 Å². The van der Waals surface area contributed by atoms with Crippen LogP contribution >= 0.6 is 11.6 Å². The Kier molecular flexibility index (Phi) is 6.72. The van der Waals surface area contributed by atoms with Crippen LogP contribution < -0.4 is 5.32 Å². The third kappa shape index (κ3) is 5.11. The lowest BCUT2D eigenvalue weighted by Crippen LogP contribution is -2.43. The van der Waals surface area contributed by atoms with Crippen LogP contribution in [0.2, 0.25) is 5.02 Å². The molecule has 1 aromatic carbocycles. The van der Waals surface area contributed by atoms with E-state index in [0.29, 0.717) is 5.02 Å². The molecule has 128 valence electrons. The number of hydrogen-bond donors (Lipinski definition) is 1. The van der Waals surface area contributed by atoms with Gasteiger partial charge in [0.25, 0.3) is 0 Å². The Morgan fingerprint density at radius 2 is 1.96 bits per heavy atom. The van der Waals surface area contributed by atoms with Crippen LogP contribution in [0.25, 0.3) is 0 Å². The van der Waals surface area contributed by atoms with E-state index in [1.165, 1.54) is 12.8 Å². The van der Waals surface area contributed by atoms with Gasteiger partial charge in [0.15, 0.2) is 0 Å². The Labute approximate surface area is 144 Å². The van der Waals surface area contributed by atoms with Crippen LogP contribution in [0, 0.1) is 5.92 Å². The maximum absolute atomic E-state index is 12.5. The van der Waals surface area contributed by atoms with E-state index in [-0.39, 0.29) is 18.0 Å². The fourth-order valence-electron chi connectivity index (χ4n) is 2.97. The molecule has 1 saturated heterocycles. The number of carbonyl (C=O) groups is 1. The van der Waals surface area contributed by atoms with Gasteiger partial charge in [-0.1, -0.05) is 43.6 Å². The van der Waals surface area contributed by atoms with E-state index < -0.39 is 0 Å². The fraction of sp³-hybridized carbons (Fsp3) is 0.611. The zero-order chi connectivity index (χ0) is 16.8. The van der Waals surface area contributed by atoms with E-state index in [9.17, 15) is 4.79 Å². The van der Waals surface area contributed by atoms with E-state index in [1.54, 1.807) is 4.90 Å². The molecule has 0 aromatic heterocycles. The highest BCUT2D eigenvalue weighted by Gasteiger charge is 2.22. The fourth-order valence-corrected chi connectivity index (χ4v) is 3.23. The molecule has 1 unspecified atom stereocenters. The topological polar surface area (TPSA) is 35.6 Å². The number of halogens is 1. The summed E-state index contributed by atoms with van der Waals surface area (Å²) in [6.07, 6.45) is 2.55. The summed E-state index contributed by atoms with van der Waals surface area (Å²) in [5.74, 6) is 0.269. The number of benzene rings is 1. The van der Waals surface area contributed by atoms with Crippen LogP contribution in [-0.4, -0.2) is 49.1 Å². The smallest absolute Gasteiger partial charge is 0.317 e. The van der Waals surface area contributed by atoms with Crippen molar-refractivity contribution in [1.82, 2.24) is 15.1 Å². The number of likely N-dealkylation sites (tertiary alicyclic amines) is 1. The monoisotopic (exact) mass is 337 g/mol. The Hall–Kier alpha value is -1.26. The Morgan fingerprint density at radius 1 is 1.30 bits per heavy atom. The first-order chi connectivity index (χ1) is 11.0. The summed E-state index contributed by atoms with van der Waals surface area (Å²) in [7, 11) is 1.86. The van der Waals surface area contributed by atoms with Crippen LogP contribution in [-0.2, 0) is 0 Å². The van der Waals surface area contributed by atoms with Crippen molar-refractivity contribution < 1.29 is 4.79 Å². The highest BCUT2D eigenvalue weighted by molar-refractivity contribution is 6.31. The zero-order valence-corrected chi connectivity index (χ0v) is 15.1. The van der Waals surface area contributed by atoms with Gasteiger partial charge in [0.05, 0.1) is 6.04 Å². The number of urea groups is 1. The molecule has 5 heteroatoms. The van der Waals surface area contributed by atoms with E-state index in [4.69, 9.17) is 11.6 Å². The molecule has 1 aromatic rings. The molecule has 1 aliphatic heterocycles. The third-order valence-electron chi connectivity index (χ3n) is 4.48. The molecule has 2 rings (SSSR count). The van der Waals surface area contributed by atoms with Gasteiger partial charge < -0.3 is 15.1 Å². The number of likely N-dealkylation sites (N-methyl/N-ethyl adjacent to an activating group) is 1. The maximum atomic E-state index is 12.5. The van der Waals surface area contributed by atoms with Gasteiger partial charge in [-0.3, -0.25) is 0 Å². The lowest BCUT2D eigenvalue weighted by atomic mass is 9.96. The highest BCUT2D eigenvalue weighted by atomic mass is 35.5. The molecule has 1 atom stereocenters. The van der Waals surface area contributed by atoms with Gasteiger partial charge >= 0.3 is 6.03 Å². The van der Waals surface area contributed by atoms with Crippen molar-refractivity contribution >= 4 is 17.6 Å². The van der Waals surface area contributed by atoms with Crippen molar-refractivity contribution in [2.24, 2.45) is 5.92 Å². The minimum atomic E-state index is -0.0783. The molecular weight excluding hydrogens is 310 g/mol. The number of rotatable bonds is 6. The van der Waals surface area contributed by atoms with E-state index >= 15 is 0 Å². The molecular formula is C18H28ClN3O. The van der Waals surface area contributed by atoms with Gasteiger partial charge in [-0.15, -0.1) is 0 Å². The molecule has 0 bridgehead atoms. The minimum absolute atomic E-state index is 0.0391. The van der Waals surface area contributed by atoms with Crippen LogP contribution in [0.4, 0.5) is 4.79 Å². The molecule has 1 N–H and O–H groups in total. The predicted molar refractivity (Wildman–Crippen MR) is 95.9 cm³/mol. The quantitative estimate of drug-likeness (QED) is 0.857. The van der Waals surface area contributed by atoms with Crippen molar-refractivity contribution in [3.05, 3.63) is 34.9 Å². The molecule has 23 heavy (non-hydrogen) atoms. The molecule has 4 nitrogen and oxygen atoms in total. The van der Waals surface area contributed by atoms with Gasteiger partial charge in [-0.05, 0) is 43.5 Å². The molecule has 2 amide bonds. The van der Waals surface area contributed by atoms with E-state index in [1.807, 2.05) is 31.3 Å². The van der Waals surface area contributed by atoms with Crippen LogP contribution in [0.15, 0.2) is 24.3 Å². The number of nitrogens with zero attached hydrogens (tertiary/aromatic N) is 2. The van der Waals surface area contributed by atoms with Gasteiger partial charge in [0, 0.05) is 25.2 Å². The highest BCUT2D eigenvalue weighted by Crippen LogP contribution is 2.28. The largest absolute Gasteiger partial charge is 0.331 e. The van der Waals surface area contributed by atoms with Gasteiger partial charge in [-0.2, -0.15) is 0 Å². The average molecular weight is 338 g/mol. The summed E-state index contributed by atoms with van der Waals surface area (Å²) in [5, 5.41) is 3.83. The second-order valence-electron chi connectivity index (χ2n) is 6.66. The average Bonchev–Trinajstić information content (AvgIpc) is 3.04. The first-order valence-electron chi connectivity index (χ1n) is 8.47. The summed E-state index contributed by atoms with van der Waals surface area (Å²) in [6.45, 7) is 8.20.